The Bertz CT molecular complexity index is 963. The van der Waals surface area contributed by atoms with Crippen molar-refractivity contribution in [2.75, 3.05) is 20.3 Å². The summed E-state index contributed by atoms with van der Waals surface area (Å²) in [4.78, 5) is 20.3. The van der Waals surface area contributed by atoms with Gasteiger partial charge in [-0.25, -0.2) is 4.98 Å². The van der Waals surface area contributed by atoms with Gasteiger partial charge in [-0.2, -0.15) is 0 Å². The van der Waals surface area contributed by atoms with E-state index in [2.05, 4.69) is 15.3 Å². The quantitative estimate of drug-likeness (QED) is 0.657. The highest BCUT2D eigenvalue weighted by Crippen LogP contribution is 2.22. The number of imidazole rings is 1. The summed E-state index contributed by atoms with van der Waals surface area (Å²) in [5, 5.41) is 2.93. The molecule has 1 aliphatic rings. The first-order valence-corrected chi connectivity index (χ1v) is 9.37. The van der Waals surface area contributed by atoms with Crippen LogP contribution in [0.2, 0.25) is 0 Å². The molecule has 1 aromatic heterocycles. The number of rotatable bonds is 7. The van der Waals surface area contributed by atoms with E-state index in [4.69, 9.17) is 14.2 Å². The Morgan fingerprint density at radius 1 is 1.32 bits per heavy atom. The second kappa shape index (κ2) is 8.31. The molecular weight excluding hydrogens is 358 g/mol. The molecule has 0 bridgehead atoms. The fraction of sp³-hybridized carbons (Fsp3) is 0.333. The maximum Gasteiger partial charge on any atom is 0.255 e. The van der Waals surface area contributed by atoms with Crippen molar-refractivity contribution < 1.29 is 19.0 Å². The number of amides is 1. The molecule has 3 aromatic rings. The van der Waals surface area contributed by atoms with Crippen LogP contribution in [-0.4, -0.2) is 42.2 Å². The normalized spacial score (nSPS) is 16.2. The third kappa shape index (κ3) is 4.09. The zero-order chi connectivity index (χ0) is 19.3. The highest BCUT2D eigenvalue weighted by atomic mass is 16.5. The monoisotopic (exact) mass is 381 g/mol. The third-order valence-electron chi connectivity index (χ3n) is 4.75. The standard InChI is InChI=1S/C21H23N3O4/c1-26-14-8-9-17-18(11-14)24-20(23-17)13-28-19-7-3-2-6-16(19)21(25)22-12-15-5-4-10-27-15/h2-3,6-9,11,15H,4-5,10,12-13H2,1H3,(H,22,25)(H,23,24). The highest BCUT2D eigenvalue weighted by Gasteiger charge is 2.18. The molecule has 1 aliphatic heterocycles. The van der Waals surface area contributed by atoms with Crippen LogP contribution in [0.3, 0.4) is 0 Å². The van der Waals surface area contributed by atoms with Gasteiger partial charge in [0.25, 0.3) is 5.91 Å². The first kappa shape index (κ1) is 18.3. The number of carbonyl (C=O) groups is 1. The summed E-state index contributed by atoms with van der Waals surface area (Å²) in [6.45, 7) is 1.51. The topological polar surface area (TPSA) is 85.5 Å². The van der Waals surface area contributed by atoms with Gasteiger partial charge in [0.05, 0.1) is 29.8 Å². The van der Waals surface area contributed by atoms with E-state index in [1.54, 1.807) is 19.2 Å². The molecule has 2 heterocycles. The molecule has 4 rings (SSSR count). The second-order valence-corrected chi connectivity index (χ2v) is 6.70. The molecule has 1 saturated heterocycles. The van der Waals surface area contributed by atoms with Gasteiger partial charge in [-0.1, -0.05) is 12.1 Å². The summed E-state index contributed by atoms with van der Waals surface area (Å²) in [6.07, 6.45) is 2.13. The fourth-order valence-electron chi connectivity index (χ4n) is 3.27. The number of nitrogens with one attached hydrogen (secondary N) is 2. The number of nitrogens with zero attached hydrogens (tertiary/aromatic N) is 1. The molecular formula is C21H23N3O4. The molecule has 0 saturated carbocycles. The Morgan fingerprint density at radius 2 is 2.21 bits per heavy atom. The van der Waals surface area contributed by atoms with Gasteiger partial charge in [-0.05, 0) is 37.1 Å². The average molecular weight is 381 g/mol. The van der Waals surface area contributed by atoms with Crippen LogP contribution in [0.25, 0.3) is 11.0 Å². The Labute approximate surface area is 163 Å². The molecule has 1 fully saturated rings. The number of methoxy groups -OCH3 is 1. The smallest absolute Gasteiger partial charge is 0.255 e. The van der Waals surface area contributed by atoms with E-state index >= 15 is 0 Å². The molecule has 146 valence electrons. The van der Waals surface area contributed by atoms with E-state index in [-0.39, 0.29) is 18.6 Å². The molecule has 1 unspecified atom stereocenters. The van der Waals surface area contributed by atoms with E-state index in [9.17, 15) is 4.79 Å². The number of para-hydroxylation sites is 1. The first-order chi connectivity index (χ1) is 13.7. The third-order valence-corrected chi connectivity index (χ3v) is 4.75. The number of carbonyl (C=O) groups excluding carboxylic acids is 1. The maximum absolute atomic E-state index is 12.6. The van der Waals surface area contributed by atoms with E-state index in [0.29, 0.717) is 23.7 Å². The molecule has 0 radical (unpaired) electrons. The Morgan fingerprint density at radius 3 is 3.04 bits per heavy atom. The lowest BCUT2D eigenvalue weighted by atomic mass is 10.1. The summed E-state index contributed by atoms with van der Waals surface area (Å²) in [5.41, 5.74) is 2.21. The summed E-state index contributed by atoms with van der Waals surface area (Å²) in [7, 11) is 1.63. The number of fused-ring (bicyclic) bond motifs is 1. The molecule has 0 aliphatic carbocycles. The second-order valence-electron chi connectivity index (χ2n) is 6.70. The van der Waals surface area contributed by atoms with Gasteiger partial charge < -0.3 is 24.5 Å². The lowest BCUT2D eigenvalue weighted by Gasteiger charge is -2.13. The number of benzene rings is 2. The SMILES string of the molecule is COc1ccc2nc(COc3ccccc3C(=O)NCC3CCCO3)[nH]c2c1. The Hall–Kier alpha value is -3.06. The predicted octanol–water partition coefficient (Wildman–Crippen LogP) is 3.06. The van der Waals surface area contributed by atoms with Crippen LogP contribution < -0.4 is 14.8 Å². The van der Waals surface area contributed by atoms with E-state index in [1.807, 2.05) is 30.3 Å². The van der Waals surface area contributed by atoms with Crippen LogP contribution in [0.15, 0.2) is 42.5 Å². The van der Waals surface area contributed by atoms with Crippen molar-refractivity contribution in [1.82, 2.24) is 15.3 Å². The maximum atomic E-state index is 12.6. The molecule has 28 heavy (non-hydrogen) atoms. The molecule has 7 nitrogen and oxygen atoms in total. The van der Waals surface area contributed by atoms with Crippen LogP contribution in [0.5, 0.6) is 11.5 Å². The van der Waals surface area contributed by atoms with Gasteiger partial charge in [0.15, 0.2) is 0 Å². The number of hydrogen-bond acceptors (Lipinski definition) is 5. The number of aromatic nitrogens is 2. The van der Waals surface area contributed by atoms with Gasteiger partial charge in [0.2, 0.25) is 0 Å². The number of H-pyrrole nitrogens is 1. The van der Waals surface area contributed by atoms with Gasteiger partial charge in [0.1, 0.15) is 23.9 Å². The van der Waals surface area contributed by atoms with Crippen molar-refractivity contribution in [2.45, 2.75) is 25.6 Å². The highest BCUT2D eigenvalue weighted by molar-refractivity contribution is 5.96. The minimum Gasteiger partial charge on any atom is -0.497 e. The average Bonchev–Trinajstić information content (AvgIpc) is 3.39. The van der Waals surface area contributed by atoms with Crippen molar-refractivity contribution in [3.05, 3.63) is 53.9 Å². The van der Waals surface area contributed by atoms with Crippen LogP contribution in [0.4, 0.5) is 0 Å². The molecule has 1 amide bonds. The van der Waals surface area contributed by atoms with Gasteiger partial charge >= 0.3 is 0 Å². The zero-order valence-corrected chi connectivity index (χ0v) is 15.7. The Kier molecular flexibility index (Phi) is 5.43. The van der Waals surface area contributed by atoms with Gasteiger partial charge in [0, 0.05) is 19.2 Å². The van der Waals surface area contributed by atoms with Gasteiger partial charge in [-0.3, -0.25) is 4.79 Å². The lowest BCUT2D eigenvalue weighted by molar-refractivity contribution is 0.0854. The first-order valence-electron chi connectivity index (χ1n) is 9.37. The van der Waals surface area contributed by atoms with Crippen molar-refractivity contribution in [2.24, 2.45) is 0 Å². The number of aromatic amines is 1. The lowest BCUT2D eigenvalue weighted by Crippen LogP contribution is -2.32. The minimum absolute atomic E-state index is 0.101. The van der Waals surface area contributed by atoms with Crippen molar-refractivity contribution >= 4 is 16.9 Å². The van der Waals surface area contributed by atoms with Gasteiger partial charge in [-0.15, -0.1) is 0 Å². The molecule has 1 atom stereocenters. The zero-order valence-electron chi connectivity index (χ0n) is 15.7. The molecule has 2 aromatic carbocycles. The Balaban J connectivity index is 1.42. The largest absolute Gasteiger partial charge is 0.497 e. The molecule has 0 spiro atoms. The predicted molar refractivity (Wildman–Crippen MR) is 105 cm³/mol. The number of ether oxygens (including phenoxy) is 3. The molecule has 7 heteroatoms. The van der Waals surface area contributed by atoms with Crippen LogP contribution in [-0.2, 0) is 11.3 Å². The van der Waals surface area contributed by atoms with Crippen molar-refractivity contribution in [3.8, 4) is 11.5 Å². The van der Waals surface area contributed by atoms with Crippen LogP contribution in [0, 0.1) is 0 Å². The summed E-state index contributed by atoms with van der Waals surface area (Å²) in [6, 6.07) is 12.8. The van der Waals surface area contributed by atoms with E-state index in [0.717, 1.165) is 36.2 Å². The van der Waals surface area contributed by atoms with E-state index < -0.39 is 0 Å². The van der Waals surface area contributed by atoms with Crippen LogP contribution >= 0.6 is 0 Å². The number of hydrogen-bond donors (Lipinski definition) is 2. The summed E-state index contributed by atoms with van der Waals surface area (Å²) < 4.78 is 16.7. The van der Waals surface area contributed by atoms with E-state index in [1.165, 1.54) is 0 Å². The fourth-order valence-corrected chi connectivity index (χ4v) is 3.27. The summed E-state index contributed by atoms with van der Waals surface area (Å²) in [5.74, 6) is 1.79. The van der Waals surface area contributed by atoms with Crippen molar-refractivity contribution in [1.29, 1.82) is 0 Å². The molecule has 2 N–H and O–H groups in total. The van der Waals surface area contributed by atoms with Crippen molar-refractivity contribution in [3.63, 3.8) is 0 Å². The summed E-state index contributed by atoms with van der Waals surface area (Å²) >= 11 is 0. The minimum atomic E-state index is -0.166. The van der Waals surface area contributed by atoms with Crippen LogP contribution in [0.1, 0.15) is 29.0 Å².